The lowest BCUT2D eigenvalue weighted by Crippen LogP contribution is -2.16. The molecule has 1 heterocycles. The van der Waals surface area contributed by atoms with Gasteiger partial charge in [0, 0.05) is 23.2 Å². The van der Waals surface area contributed by atoms with Crippen LogP contribution in [0.3, 0.4) is 0 Å². The van der Waals surface area contributed by atoms with E-state index in [2.05, 4.69) is 4.98 Å². The van der Waals surface area contributed by atoms with Gasteiger partial charge in [0.2, 0.25) is 0 Å². The molecule has 2 aromatic carbocycles. The first-order valence-electron chi connectivity index (χ1n) is 8.58. The van der Waals surface area contributed by atoms with Crippen LogP contribution < -0.4 is 10.3 Å². The Morgan fingerprint density at radius 2 is 1.62 bits per heavy atom. The fourth-order valence-electron chi connectivity index (χ4n) is 2.91. The average molecular weight is 347 g/mol. The highest BCUT2D eigenvalue weighted by Gasteiger charge is 2.11. The summed E-state index contributed by atoms with van der Waals surface area (Å²) in [7, 11) is 0. The van der Waals surface area contributed by atoms with Crippen LogP contribution in [0.5, 0.6) is 11.5 Å². The number of hydrogen-bond acceptors (Lipinski definition) is 3. The zero-order valence-corrected chi connectivity index (χ0v) is 14.9. The Kier molecular flexibility index (Phi) is 5.32. The van der Waals surface area contributed by atoms with Crippen molar-refractivity contribution in [1.29, 1.82) is 0 Å². The molecule has 0 spiro atoms. The number of ether oxygens (including phenoxy) is 1. The number of pyridine rings is 1. The predicted octanol–water partition coefficient (Wildman–Crippen LogP) is 4.60. The number of aromatic amines is 1. The maximum absolute atomic E-state index is 12.4. The first-order chi connectivity index (χ1) is 12.5. The van der Waals surface area contributed by atoms with Crippen molar-refractivity contribution in [3.63, 3.8) is 0 Å². The molecule has 0 aliphatic rings. The summed E-state index contributed by atoms with van der Waals surface area (Å²) in [6, 6.07) is 18.5. The number of aromatic nitrogens is 1. The van der Waals surface area contributed by atoms with Gasteiger partial charge < -0.3 is 9.72 Å². The van der Waals surface area contributed by atoms with Gasteiger partial charge in [-0.15, -0.1) is 0 Å². The van der Waals surface area contributed by atoms with Gasteiger partial charge in [0.15, 0.2) is 5.78 Å². The number of carbonyl (C=O) groups is 1. The topological polar surface area (TPSA) is 59.2 Å². The fraction of sp³-hybridized carbons (Fsp3) is 0.182. The Balaban J connectivity index is 1.64. The minimum atomic E-state index is -0.109. The highest BCUT2D eigenvalue weighted by atomic mass is 16.5. The van der Waals surface area contributed by atoms with Crippen LogP contribution in [0.15, 0.2) is 65.5 Å². The number of carbonyl (C=O) groups excluding carboxylic acids is 1. The van der Waals surface area contributed by atoms with Gasteiger partial charge in [0.05, 0.1) is 0 Å². The molecule has 26 heavy (non-hydrogen) atoms. The summed E-state index contributed by atoms with van der Waals surface area (Å²) in [5.74, 6) is 1.44. The Labute approximate surface area is 152 Å². The molecule has 0 aliphatic carbocycles. The third-order valence-electron chi connectivity index (χ3n) is 4.25. The maximum Gasteiger partial charge on any atom is 0.251 e. The van der Waals surface area contributed by atoms with Crippen LogP contribution in [0.2, 0.25) is 0 Å². The smallest absolute Gasteiger partial charge is 0.251 e. The summed E-state index contributed by atoms with van der Waals surface area (Å²) < 4.78 is 5.73. The van der Waals surface area contributed by atoms with Crippen LogP contribution in [0, 0.1) is 13.8 Å². The summed E-state index contributed by atoms with van der Waals surface area (Å²) in [6.07, 6.45) is 0.731. The van der Waals surface area contributed by atoms with Crippen molar-refractivity contribution < 1.29 is 9.53 Å². The van der Waals surface area contributed by atoms with Crippen molar-refractivity contribution in [3.8, 4) is 11.5 Å². The summed E-state index contributed by atoms with van der Waals surface area (Å²) in [6.45, 7) is 3.75. The standard InChI is InChI=1S/C22H21NO3/c1-15-14-16(2)23-22(25)20(15)12-13-21(24)17-8-10-19(11-9-17)26-18-6-4-3-5-7-18/h3-11,14H,12-13H2,1-2H3,(H,23,25). The van der Waals surface area contributed by atoms with Crippen LogP contribution in [0.25, 0.3) is 0 Å². The fourth-order valence-corrected chi connectivity index (χ4v) is 2.91. The first-order valence-corrected chi connectivity index (χ1v) is 8.58. The Bertz CT molecular complexity index is 957. The Morgan fingerprint density at radius 3 is 2.27 bits per heavy atom. The molecule has 4 nitrogen and oxygen atoms in total. The molecule has 0 aliphatic heterocycles. The van der Waals surface area contributed by atoms with E-state index < -0.39 is 0 Å². The number of aryl methyl sites for hydroxylation is 2. The number of hydrogen-bond donors (Lipinski definition) is 1. The van der Waals surface area contributed by atoms with E-state index in [1.165, 1.54) is 0 Å². The normalized spacial score (nSPS) is 10.5. The molecule has 1 N–H and O–H groups in total. The van der Waals surface area contributed by atoms with Gasteiger partial charge in [-0.05, 0) is 68.3 Å². The second kappa shape index (κ2) is 7.83. The van der Waals surface area contributed by atoms with Crippen LogP contribution >= 0.6 is 0 Å². The van der Waals surface area contributed by atoms with Gasteiger partial charge in [0.1, 0.15) is 11.5 Å². The predicted molar refractivity (Wildman–Crippen MR) is 102 cm³/mol. The molecule has 3 aromatic rings. The van der Waals surface area contributed by atoms with Gasteiger partial charge in [-0.25, -0.2) is 0 Å². The molecule has 0 atom stereocenters. The molecule has 3 rings (SSSR count). The minimum absolute atomic E-state index is 0.00985. The highest BCUT2D eigenvalue weighted by molar-refractivity contribution is 5.96. The maximum atomic E-state index is 12.4. The molecule has 0 bridgehead atoms. The molecule has 0 saturated heterocycles. The number of para-hydroxylation sites is 1. The van der Waals surface area contributed by atoms with Crippen molar-refractivity contribution in [1.82, 2.24) is 4.98 Å². The Hall–Kier alpha value is -3.14. The van der Waals surface area contributed by atoms with Crippen LogP contribution in [0.1, 0.15) is 33.6 Å². The zero-order valence-electron chi connectivity index (χ0n) is 14.9. The molecule has 0 unspecified atom stereocenters. The zero-order chi connectivity index (χ0) is 18.5. The second-order valence-electron chi connectivity index (χ2n) is 6.31. The van der Waals surface area contributed by atoms with E-state index in [1.807, 2.05) is 50.2 Å². The Morgan fingerprint density at radius 1 is 0.962 bits per heavy atom. The highest BCUT2D eigenvalue weighted by Crippen LogP contribution is 2.21. The van der Waals surface area contributed by atoms with Crippen LogP contribution in [-0.2, 0) is 6.42 Å². The van der Waals surface area contributed by atoms with Crippen molar-refractivity contribution in [2.24, 2.45) is 0 Å². The summed E-state index contributed by atoms with van der Waals surface area (Å²) >= 11 is 0. The molecule has 0 radical (unpaired) electrons. The number of benzene rings is 2. The van der Waals surface area contributed by atoms with Crippen molar-refractivity contribution in [3.05, 3.63) is 93.4 Å². The summed E-state index contributed by atoms with van der Waals surface area (Å²) in [4.78, 5) is 27.3. The second-order valence-corrected chi connectivity index (χ2v) is 6.31. The van der Waals surface area contributed by atoms with E-state index in [4.69, 9.17) is 4.74 Å². The molecular formula is C22H21NO3. The number of Topliss-reactive ketones (excluding diaryl/α,β-unsaturated/α-hetero) is 1. The van der Waals surface area contributed by atoms with E-state index in [0.29, 0.717) is 29.7 Å². The van der Waals surface area contributed by atoms with E-state index in [0.717, 1.165) is 17.0 Å². The van der Waals surface area contributed by atoms with E-state index in [1.54, 1.807) is 24.3 Å². The number of H-pyrrole nitrogens is 1. The van der Waals surface area contributed by atoms with Gasteiger partial charge in [0.25, 0.3) is 5.56 Å². The molecular weight excluding hydrogens is 326 g/mol. The van der Waals surface area contributed by atoms with E-state index in [9.17, 15) is 9.59 Å². The molecule has 4 heteroatoms. The SMILES string of the molecule is Cc1cc(C)c(CCC(=O)c2ccc(Oc3ccccc3)cc2)c(=O)[nH]1. The molecule has 0 amide bonds. The largest absolute Gasteiger partial charge is 0.457 e. The van der Waals surface area contributed by atoms with Crippen molar-refractivity contribution in [2.75, 3.05) is 0 Å². The first kappa shape index (κ1) is 17.7. The van der Waals surface area contributed by atoms with E-state index in [-0.39, 0.29) is 11.3 Å². The van der Waals surface area contributed by atoms with Gasteiger partial charge in [-0.2, -0.15) is 0 Å². The lowest BCUT2D eigenvalue weighted by molar-refractivity contribution is 0.0982. The van der Waals surface area contributed by atoms with Crippen LogP contribution in [-0.4, -0.2) is 10.8 Å². The average Bonchev–Trinajstić information content (AvgIpc) is 2.62. The van der Waals surface area contributed by atoms with Gasteiger partial charge in [-0.3, -0.25) is 9.59 Å². The quantitative estimate of drug-likeness (QED) is 0.663. The van der Waals surface area contributed by atoms with E-state index >= 15 is 0 Å². The molecule has 1 aromatic heterocycles. The summed E-state index contributed by atoms with van der Waals surface area (Å²) in [5, 5.41) is 0. The van der Waals surface area contributed by atoms with Crippen molar-refractivity contribution in [2.45, 2.75) is 26.7 Å². The molecule has 0 saturated carbocycles. The third kappa shape index (κ3) is 4.28. The number of ketones is 1. The summed E-state index contributed by atoms with van der Waals surface area (Å²) in [5.41, 5.74) is 2.93. The van der Waals surface area contributed by atoms with Crippen LogP contribution in [0.4, 0.5) is 0 Å². The van der Waals surface area contributed by atoms with Crippen molar-refractivity contribution >= 4 is 5.78 Å². The molecule has 132 valence electrons. The minimum Gasteiger partial charge on any atom is -0.457 e. The lowest BCUT2D eigenvalue weighted by atomic mass is 10.0. The number of nitrogens with one attached hydrogen (secondary N) is 1. The molecule has 0 fully saturated rings. The third-order valence-corrected chi connectivity index (χ3v) is 4.25. The monoisotopic (exact) mass is 347 g/mol. The lowest BCUT2D eigenvalue weighted by Gasteiger charge is -2.07. The number of rotatable bonds is 6. The van der Waals surface area contributed by atoms with Gasteiger partial charge >= 0.3 is 0 Å². The van der Waals surface area contributed by atoms with Gasteiger partial charge in [-0.1, -0.05) is 18.2 Å².